The lowest BCUT2D eigenvalue weighted by Crippen LogP contribution is -2.70. The van der Waals surface area contributed by atoms with Gasteiger partial charge in [0, 0.05) is 50.1 Å². The van der Waals surface area contributed by atoms with Crippen LogP contribution in [0.25, 0.3) is 0 Å². The number of carbonyl (C=O) groups excluding carboxylic acids is 1. The van der Waals surface area contributed by atoms with Gasteiger partial charge in [-0.1, -0.05) is 74.8 Å². The number of hydrogen-bond acceptors (Lipinski definition) is 9. The third-order valence-electron chi connectivity index (χ3n) is 19.8. The van der Waals surface area contributed by atoms with Gasteiger partial charge < -0.3 is 25.0 Å². The first kappa shape index (κ1) is 44.8. The molecule has 1 heterocycles. The van der Waals surface area contributed by atoms with E-state index in [-0.39, 0.29) is 56.7 Å². The van der Waals surface area contributed by atoms with Crippen molar-refractivity contribution in [2.45, 2.75) is 158 Å². The molecule has 0 bridgehead atoms. The molecule has 0 aliphatic heterocycles. The summed E-state index contributed by atoms with van der Waals surface area (Å²) >= 11 is 0. The van der Waals surface area contributed by atoms with Gasteiger partial charge >= 0.3 is 5.97 Å². The maximum absolute atomic E-state index is 14.4. The van der Waals surface area contributed by atoms with Crippen molar-refractivity contribution >= 4 is 11.8 Å². The van der Waals surface area contributed by atoms with Crippen molar-refractivity contribution < 1.29 is 29.6 Å². The van der Waals surface area contributed by atoms with Crippen molar-refractivity contribution in [2.75, 3.05) is 33.7 Å². The molecular formula is C49H78N4O6. The second kappa shape index (κ2) is 15.2. The number of ether oxygens (including phenoxy) is 1. The topological polar surface area (TPSA) is 136 Å². The molecule has 10 nitrogen and oxygen atoms in total. The van der Waals surface area contributed by atoms with E-state index >= 15 is 0 Å². The van der Waals surface area contributed by atoms with Crippen molar-refractivity contribution in [3.63, 3.8) is 0 Å². The number of aliphatic carboxylic acids is 1. The molecule has 0 spiro atoms. The number of ketones is 1. The van der Waals surface area contributed by atoms with Gasteiger partial charge in [0.25, 0.3) is 0 Å². The molecule has 5 saturated carbocycles. The van der Waals surface area contributed by atoms with Crippen LogP contribution in [0.4, 0.5) is 0 Å². The number of hydrogen-bond donors (Lipinski definition) is 3. The second-order valence-corrected chi connectivity index (χ2v) is 23.1. The Hall–Kier alpha value is -2.24. The first-order chi connectivity index (χ1) is 27.4. The van der Waals surface area contributed by atoms with E-state index in [0.717, 1.165) is 75.7 Å². The van der Waals surface area contributed by atoms with Crippen LogP contribution < -0.4 is 0 Å². The monoisotopic (exact) mass is 819 g/mol. The van der Waals surface area contributed by atoms with Crippen molar-refractivity contribution in [3.05, 3.63) is 35.4 Å². The Morgan fingerprint density at radius 3 is 2.22 bits per heavy atom. The van der Waals surface area contributed by atoms with Gasteiger partial charge in [-0.2, -0.15) is 0 Å². The lowest BCUT2D eigenvalue weighted by molar-refractivity contribution is -0.305. The lowest BCUT2D eigenvalue weighted by Gasteiger charge is -2.75. The number of carboxylic acid groups (broad SMARTS) is 1. The normalized spacial score (nSPS) is 40.9. The van der Waals surface area contributed by atoms with Crippen LogP contribution in [0.5, 0.6) is 0 Å². The molecule has 3 N–H and O–H groups in total. The Kier molecular flexibility index (Phi) is 11.6. The lowest BCUT2D eigenvalue weighted by atomic mass is 9.29. The number of likely N-dealkylation sites (N-methyl/N-ethyl adjacent to an activating group) is 1. The minimum absolute atomic E-state index is 0.0285. The number of allylic oxidation sites excluding steroid dienone is 1. The highest BCUT2D eigenvalue weighted by molar-refractivity contribution is 6.00. The van der Waals surface area contributed by atoms with Gasteiger partial charge in [-0.25, -0.2) is 9.97 Å². The average Bonchev–Trinajstić information content (AvgIpc) is 3.47. The zero-order valence-corrected chi connectivity index (χ0v) is 38.6. The van der Waals surface area contributed by atoms with E-state index in [1.807, 2.05) is 19.9 Å². The average molecular weight is 819 g/mol. The van der Waals surface area contributed by atoms with E-state index in [2.05, 4.69) is 89.3 Å². The highest BCUT2D eigenvalue weighted by atomic mass is 16.6. The fourth-order valence-electron chi connectivity index (χ4n) is 15.2. The number of aliphatic hydroxyl groups is 2. The van der Waals surface area contributed by atoms with Gasteiger partial charge in [0.05, 0.1) is 23.8 Å². The number of aliphatic hydroxyl groups excluding tert-OH is 2. The van der Waals surface area contributed by atoms with E-state index in [1.165, 1.54) is 5.57 Å². The predicted octanol–water partition coefficient (Wildman–Crippen LogP) is 8.02. The first-order valence-electron chi connectivity index (χ1n) is 23.1. The predicted molar refractivity (Wildman–Crippen MR) is 230 cm³/mol. The Morgan fingerprint density at radius 1 is 0.915 bits per heavy atom. The number of carboxylic acids is 1. The van der Waals surface area contributed by atoms with Gasteiger partial charge in [0.1, 0.15) is 6.33 Å². The van der Waals surface area contributed by atoms with E-state index in [1.54, 1.807) is 12.5 Å². The molecule has 1 aromatic heterocycles. The van der Waals surface area contributed by atoms with Crippen molar-refractivity contribution in [1.82, 2.24) is 19.8 Å². The number of carbonyl (C=O) groups is 2. The van der Waals surface area contributed by atoms with E-state index < -0.39 is 35.1 Å². The van der Waals surface area contributed by atoms with E-state index in [0.29, 0.717) is 31.8 Å². The second-order valence-electron chi connectivity index (χ2n) is 23.1. The van der Waals surface area contributed by atoms with Gasteiger partial charge in [-0.3, -0.25) is 14.5 Å². The molecule has 10 heteroatoms. The third-order valence-corrected chi connectivity index (χ3v) is 19.8. The van der Waals surface area contributed by atoms with Gasteiger partial charge in [-0.05, 0) is 134 Å². The van der Waals surface area contributed by atoms with Crippen LogP contribution in [0.1, 0.15) is 139 Å². The van der Waals surface area contributed by atoms with Crippen molar-refractivity contribution in [1.29, 1.82) is 0 Å². The zero-order valence-electron chi connectivity index (χ0n) is 38.6. The summed E-state index contributed by atoms with van der Waals surface area (Å²) in [6, 6.07) is 1.95. The number of rotatable bonds is 13. The van der Waals surface area contributed by atoms with Crippen molar-refractivity contribution in [3.8, 4) is 0 Å². The summed E-state index contributed by atoms with van der Waals surface area (Å²) in [5.41, 5.74) is 1.95. The zero-order chi connectivity index (χ0) is 43.3. The summed E-state index contributed by atoms with van der Waals surface area (Å²) in [4.78, 5) is 39.4. The van der Waals surface area contributed by atoms with E-state index in [9.17, 15) is 24.9 Å². The van der Waals surface area contributed by atoms with Crippen molar-refractivity contribution in [2.24, 2.45) is 67.5 Å². The molecule has 0 radical (unpaired) electrons. The highest BCUT2D eigenvalue weighted by Gasteiger charge is 2.73. The molecule has 59 heavy (non-hydrogen) atoms. The van der Waals surface area contributed by atoms with Crippen LogP contribution in [0.15, 0.2) is 29.7 Å². The largest absolute Gasteiger partial charge is 0.481 e. The van der Waals surface area contributed by atoms with Gasteiger partial charge in [0.15, 0.2) is 12.1 Å². The molecular weight excluding hydrogens is 741 g/mol. The molecule has 5 fully saturated rings. The van der Waals surface area contributed by atoms with Crippen LogP contribution in [-0.2, 0) is 20.9 Å². The summed E-state index contributed by atoms with van der Waals surface area (Å²) in [7, 11) is 4.16. The number of aromatic nitrogens is 2. The molecule has 5 unspecified atom stereocenters. The minimum Gasteiger partial charge on any atom is -0.481 e. The number of nitrogens with zero attached hydrogens (tertiary/aromatic N) is 4. The maximum Gasteiger partial charge on any atom is 0.307 e. The first-order valence-corrected chi connectivity index (χ1v) is 23.1. The Bertz CT molecular complexity index is 1800. The van der Waals surface area contributed by atoms with Crippen LogP contribution in [0.3, 0.4) is 0 Å². The summed E-state index contributed by atoms with van der Waals surface area (Å²) < 4.78 is 6.70. The molecule has 0 amide bonds. The fourth-order valence-corrected chi connectivity index (χ4v) is 15.2. The SMILES string of the molecule is CC(C)C1=C2C3CC[C@@H]4C5(C)CCC(OC(O)[C@H]6C[C@@H](C(=O)O)C6(C)C)C(C)(C)[C@]5(C)CC[C@@]4(C)[C@]3(C)CCC2([C@@H](O)CN(CCN(C)C)Cc2ccncn2)CC1=O. The molecule has 6 aliphatic carbocycles. The summed E-state index contributed by atoms with van der Waals surface area (Å²) in [6.45, 7) is 26.0. The fraction of sp³-hybridized carbons (Fsp3) is 0.837. The van der Waals surface area contributed by atoms with Gasteiger partial charge in [-0.15, -0.1) is 0 Å². The molecule has 0 saturated heterocycles. The quantitative estimate of drug-likeness (QED) is 0.168. The Balaban J connectivity index is 1.17. The van der Waals surface area contributed by atoms with E-state index in [4.69, 9.17) is 4.74 Å². The summed E-state index contributed by atoms with van der Waals surface area (Å²) in [5, 5.41) is 34.0. The van der Waals surface area contributed by atoms with Gasteiger partial charge in [0.2, 0.25) is 0 Å². The number of Topliss-reactive ketones (excluding diaryl/α,β-unsaturated/α-hetero) is 1. The molecule has 12 atom stereocenters. The van der Waals surface area contributed by atoms with Crippen LogP contribution >= 0.6 is 0 Å². The van der Waals surface area contributed by atoms with Crippen LogP contribution in [-0.4, -0.2) is 99.1 Å². The standard InChI is InChI=1S/C49H78N4O6/c1-30(2)39-35(54)26-49(37(55)28-53(24-23-52(11)12)27-31-16-22-50-29-51-31)21-19-45(7)32(40(39)49)13-14-36-46(45,8)18-20-48(10)44(5,6)38(15-17-47(36,48)9)59-42(58)34-25-33(41(56)57)43(34,3)4/h16,22,29-30,32-34,36-38,42,55,58H,13-15,17-21,23-28H2,1-12H3,(H,56,57)/t32?,33-,34+,36-,37-,38?,42?,45+,46+,47?,48-,49?/m0/s1. The van der Waals surface area contributed by atoms with Crippen LogP contribution in [0.2, 0.25) is 0 Å². The molecule has 0 aromatic carbocycles. The maximum atomic E-state index is 14.4. The Labute approximate surface area is 355 Å². The minimum atomic E-state index is -0.983. The smallest absolute Gasteiger partial charge is 0.307 e. The molecule has 6 aliphatic rings. The van der Waals surface area contributed by atoms with Crippen LogP contribution in [0, 0.1) is 67.5 Å². The third kappa shape index (κ3) is 6.64. The highest BCUT2D eigenvalue weighted by Crippen LogP contribution is 2.80. The molecule has 1 aromatic rings. The Morgan fingerprint density at radius 2 is 1.61 bits per heavy atom. The molecule has 7 rings (SSSR count). The summed E-state index contributed by atoms with van der Waals surface area (Å²) in [5.74, 6) is -0.381. The number of fused-ring (bicyclic) bond motifs is 7. The molecule has 330 valence electrons. The summed E-state index contributed by atoms with van der Waals surface area (Å²) in [6.07, 6.45) is 10.4.